The Labute approximate surface area is 125 Å². The van der Waals surface area contributed by atoms with Crippen LogP contribution in [-0.4, -0.2) is 43.0 Å². The van der Waals surface area contributed by atoms with Gasteiger partial charge in [-0.05, 0) is 38.3 Å². The first-order valence-corrected chi connectivity index (χ1v) is 7.43. The van der Waals surface area contributed by atoms with Crippen molar-refractivity contribution in [3.63, 3.8) is 0 Å². The maximum atomic E-state index is 12.8. The molecule has 0 spiro atoms. The zero-order valence-electron chi connectivity index (χ0n) is 12.6. The Balaban J connectivity index is 2.24. The van der Waals surface area contributed by atoms with Crippen molar-refractivity contribution in [2.75, 3.05) is 25.5 Å². The molecule has 1 saturated heterocycles. The van der Waals surface area contributed by atoms with Gasteiger partial charge in [0.2, 0.25) is 0 Å². The van der Waals surface area contributed by atoms with Gasteiger partial charge in [0.05, 0.1) is 12.2 Å². The summed E-state index contributed by atoms with van der Waals surface area (Å²) in [5.41, 5.74) is 1.37. The number of anilines is 1. The van der Waals surface area contributed by atoms with Gasteiger partial charge in [0.25, 0.3) is 5.91 Å². The van der Waals surface area contributed by atoms with Crippen molar-refractivity contribution in [2.45, 2.75) is 32.2 Å². The molecule has 1 heterocycles. The molecule has 0 aliphatic carbocycles. The van der Waals surface area contributed by atoms with E-state index in [0.717, 1.165) is 18.5 Å². The Kier molecular flexibility index (Phi) is 5.20. The molecule has 5 nitrogen and oxygen atoms in total. The number of para-hydroxylation sites is 1. The van der Waals surface area contributed by atoms with Gasteiger partial charge in [-0.15, -0.1) is 0 Å². The smallest absolute Gasteiger partial charge is 0.328 e. The second-order valence-electron chi connectivity index (χ2n) is 5.06. The fraction of sp³-hybridized carbons (Fsp3) is 0.500. The summed E-state index contributed by atoms with van der Waals surface area (Å²) >= 11 is 0. The molecule has 2 rings (SSSR count). The summed E-state index contributed by atoms with van der Waals surface area (Å²) in [4.78, 5) is 26.5. The van der Waals surface area contributed by atoms with Crippen LogP contribution in [0.1, 0.15) is 36.5 Å². The molecule has 1 aliphatic heterocycles. The molecule has 114 valence electrons. The minimum Gasteiger partial charge on any atom is -0.464 e. The molecule has 1 aromatic carbocycles. The summed E-state index contributed by atoms with van der Waals surface area (Å²) in [6.45, 7) is 2.72. The molecular weight excluding hydrogens is 268 g/mol. The van der Waals surface area contributed by atoms with E-state index in [0.29, 0.717) is 25.1 Å². The third kappa shape index (κ3) is 3.35. The number of ether oxygens (including phenoxy) is 1. The van der Waals surface area contributed by atoms with Gasteiger partial charge in [-0.1, -0.05) is 12.1 Å². The lowest BCUT2D eigenvalue weighted by atomic mass is 10.0. The minimum atomic E-state index is -0.462. The van der Waals surface area contributed by atoms with Crippen molar-refractivity contribution in [3.05, 3.63) is 29.8 Å². The summed E-state index contributed by atoms with van der Waals surface area (Å²) in [6.07, 6.45) is 2.54. The van der Waals surface area contributed by atoms with E-state index in [4.69, 9.17) is 4.74 Å². The SMILES string of the molecule is CCOC(=O)C1CCCCN1C(=O)c1ccccc1NC. The van der Waals surface area contributed by atoms with Crippen molar-refractivity contribution in [1.82, 2.24) is 4.90 Å². The molecule has 1 aliphatic rings. The Morgan fingerprint density at radius 2 is 2.10 bits per heavy atom. The number of esters is 1. The lowest BCUT2D eigenvalue weighted by molar-refractivity contribution is -0.149. The molecule has 0 radical (unpaired) electrons. The van der Waals surface area contributed by atoms with Gasteiger partial charge in [0.15, 0.2) is 0 Å². The van der Waals surface area contributed by atoms with Crippen LogP contribution in [0.25, 0.3) is 0 Å². The molecule has 0 saturated carbocycles. The lowest BCUT2D eigenvalue weighted by Gasteiger charge is -2.34. The first-order valence-electron chi connectivity index (χ1n) is 7.43. The van der Waals surface area contributed by atoms with E-state index < -0.39 is 6.04 Å². The van der Waals surface area contributed by atoms with Crippen molar-refractivity contribution in [1.29, 1.82) is 0 Å². The number of carbonyl (C=O) groups is 2. The summed E-state index contributed by atoms with van der Waals surface area (Å²) in [5.74, 6) is -0.412. The highest BCUT2D eigenvalue weighted by molar-refractivity contribution is 6.01. The first kappa shape index (κ1) is 15.4. The molecule has 0 aromatic heterocycles. The summed E-state index contributed by atoms with van der Waals surface area (Å²) in [5, 5.41) is 3.02. The van der Waals surface area contributed by atoms with E-state index in [9.17, 15) is 9.59 Å². The average Bonchev–Trinajstić information content (AvgIpc) is 2.54. The molecular formula is C16H22N2O3. The number of hydrogen-bond acceptors (Lipinski definition) is 4. The Hall–Kier alpha value is -2.04. The predicted molar refractivity (Wildman–Crippen MR) is 81.3 cm³/mol. The maximum absolute atomic E-state index is 12.8. The summed E-state index contributed by atoms with van der Waals surface area (Å²) in [7, 11) is 1.78. The number of benzene rings is 1. The number of hydrogen-bond donors (Lipinski definition) is 1. The normalized spacial score (nSPS) is 18.2. The number of carbonyl (C=O) groups excluding carboxylic acids is 2. The molecule has 5 heteroatoms. The van der Waals surface area contributed by atoms with Crippen molar-refractivity contribution in [3.8, 4) is 0 Å². The Morgan fingerprint density at radius 3 is 2.81 bits per heavy atom. The average molecular weight is 290 g/mol. The fourth-order valence-electron chi connectivity index (χ4n) is 2.70. The van der Waals surface area contributed by atoms with E-state index >= 15 is 0 Å². The minimum absolute atomic E-state index is 0.113. The molecule has 1 unspecified atom stereocenters. The number of nitrogens with zero attached hydrogens (tertiary/aromatic N) is 1. The van der Waals surface area contributed by atoms with Crippen LogP contribution < -0.4 is 5.32 Å². The van der Waals surface area contributed by atoms with Crippen LogP contribution in [0.4, 0.5) is 5.69 Å². The zero-order valence-corrected chi connectivity index (χ0v) is 12.6. The summed E-state index contributed by atoms with van der Waals surface area (Å²) < 4.78 is 5.11. The lowest BCUT2D eigenvalue weighted by Crippen LogP contribution is -2.48. The highest BCUT2D eigenvalue weighted by atomic mass is 16.5. The van der Waals surface area contributed by atoms with Crippen LogP contribution in [0.2, 0.25) is 0 Å². The van der Waals surface area contributed by atoms with Crippen LogP contribution in [0.3, 0.4) is 0 Å². The quantitative estimate of drug-likeness (QED) is 0.864. The number of amides is 1. The number of likely N-dealkylation sites (tertiary alicyclic amines) is 1. The van der Waals surface area contributed by atoms with Gasteiger partial charge in [-0.3, -0.25) is 4.79 Å². The largest absolute Gasteiger partial charge is 0.464 e. The Morgan fingerprint density at radius 1 is 1.33 bits per heavy atom. The third-order valence-corrected chi connectivity index (χ3v) is 3.75. The molecule has 0 bridgehead atoms. The van der Waals surface area contributed by atoms with Gasteiger partial charge >= 0.3 is 5.97 Å². The molecule has 1 atom stereocenters. The van der Waals surface area contributed by atoms with Crippen molar-refractivity contribution < 1.29 is 14.3 Å². The Bertz CT molecular complexity index is 516. The fourth-order valence-corrected chi connectivity index (χ4v) is 2.70. The van der Waals surface area contributed by atoms with E-state index in [-0.39, 0.29) is 11.9 Å². The molecule has 1 amide bonds. The van der Waals surface area contributed by atoms with Crippen LogP contribution >= 0.6 is 0 Å². The van der Waals surface area contributed by atoms with Crippen LogP contribution in [0, 0.1) is 0 Å². The number of nitrogens with one attached hydrogen (secondary N) is 1. The van der Waals surface area contributed by atoms with Gasteiger partial charge in [0, 0.05) is 19.3 Å². The van der Waals surface area contributed by atoms with E-state index in [2.05, 4.69) is 5.32 Å². The van der Waals surface area contributed by atoms with Crippen molar-refractivity contribution >= 4 is 17.6 Å². The van der Waals surface area contributed by atoms with Gasteiger partial charge < -0.3 is 15.0 Å². The van der Waals surface area contributed by atoms with Gasteiger partial charge in [-0.2, -0.15) is 0 Å². The topological polar surface area (TPSA) is 58.6 Å². The second-order valence-corrected chi connectivity index (χ2v) is 5.06. The molecule has 1 aromatic rings. The zero-order chi connectivity index (χ0) is 15.2. The molecule has 1 fully saturated rings. The summed E-state index contributed by atoms with van der Waals surface area (Å²) in [6, 6.07) is 6.89. The third-order valence-electron chi connectivity index (χ3n) is 3.75. The highest BCUT2D eigenvalue weighted by Crippen LogP contribution is 2.24. The predicted octanol–water partition coefficient (Wildman–Crippen LogP) is 2.29. The first-order chi connectivity index (χ1) is 10.2. The van der Waals surface area contributed by atoms with E-state index in [1.807, 2.05) is 18.2 Å². The highest BCUT2D eigenvalue weighted by Gasteiger charge is 2.34. The van der Waals surface area contributed by atoms with Crippen LogP contribution in [0.15, 0.2) is 24.3 Å². The number of rotatable bonds is 4. The molecule has 1 N–H and O–H groups in total. The van der Waals surface area contributed by atoms with Crippen LogP contribution in [0.5, 0.6) is 0 Å². The van der Waals surface area contributed by atoms with Crippen LogP contribution in [-0.2, 0) is 9.53 Å². The maximum Gasteiger partial charge on any atom is 0.328 e. The standard InChI is InChI=1S/C16H22N2O3/c1-3-21-16(20)14-10-6-7-11-18(14)15(19)12-8-4-5-9-13(12)17-2/h4-5,8-9,14,17H,3,6-7,10-11H2,1-2H3. The molecule has 21 heavy (non-hydrogen) atoms. The van der Waals surface area contributed by atoms with Gasteiger partial charge in [0.1, 0.15) is 6.04 Å². The van der Waals surface area contributed by atoms with Gasteiger partial charge in [-0.25, -0.2) is 4.79 Å². The second kappa shape index (κ2) is 7.11. The number of piperidine rings is 1. The van der Waals surface area contributed by atoms with E-state index in [1.54, 1.807) is 24.9 Å². The van der Waals surface area contributed by atoms with E-state index in [1.165, 1.54) is 0 Å². The van der Waals surface area contributed by atoms with Crippen molar-refractivity contribution in [2.24, 2.45) is 0 Å². The monoisotopic (exact) mass is 290 g/mol.